The summed E-state index contributed by atoms with van der Waals surface area (Å²) in [5.74, 6) is 0.906. The smallest absolute Gasteiger partial charge is 0.250 e. The number of aromatic nitrogens is 1. The van der Waals surface area contributed by atoms with Crippen LogP contribution in [0, 0.1) is 5.92 Å². The fraction of sp³-hybridized carbons (Fsp3) is 0.643. The van der Waals surface area contributed by atoms with Crippen molar-refractivity contribution in [3.63, 3.8) is 0 Å². The van der Waals surface area contributed by atoms with Crippen LogP contribution in [0.1, 0.15) is 38.5 Å². The molecule has 3 heteroatoms. The highest BCUT2D eigenvalue weighted by Crippen LogP contribution is 2.26. The van der Waals surface area contributed by atoms with Gasteiger partial charge in [0, 0.05) is 25.9 Å². The predicted molar refractivity (Wildman–Crippen MR) is 71.4 cm³/mol. The highest BCUT2D eigenvalue weighted by molar-refractivity contribution is 5.39. The molecule has 1 N–H and O–H groups in total. The molecule has 94 valence electrons. The van der Waals surface area contributed by atoms with Crippen LogP contribution in [-0.4, -0.2) is 11.1 Å². The van der Waals surface area contributed by atoms with Crippen molar-refractivity contribution in [3.05, 3.63) is 28.7 Å². The van der Waals surface area contributed by atoms with Gasteiger partial charge in [-0.05, 0) is 18.4 Å². The van der Waals surface area contributed by atoms with Crippen LogP contribution in [0.5, 0.6) is 0 Å². The zero-order valence-corrected chi connectivity index (χ0v) is 10.6. The maximum Gasteiger partial charge on any atom is 0.250 e. The summed E-state index contributed by atoms with van der Waals surface area (Å²) >= 11 is 0. The summed E-state index contributed by atoms with van der Waals surface area (Å²) in [6.07, 6.45) is 10.1. The van der Waals surface area contributed by atoms with Gasteiger partial charge in [-0.2, -0.15) is 0 Å². The third kappa shape index (κ3) is 3.62. The Hall–Kier alpha value is -1.25. The number of hydrogen-bond acceptors (Lipinski definition) is 2. The molecule has 17 heavy (non-hydrogen) atoms. The number of nitrogens with zero attached hydrogens (tertiary/aromatic N) is 1. The second-order valence-electron chi connectivity index (χ2n) is 5.09. The molecule has 1 aliphatic carbocycles. The van der Waals surface area contributed by atoms with Crippen molar-refractivity contribution in [2.24, 2.45) is 13.0 Å². The Labute approximate surface area is 103 Å². The van der Waals surface area contributed by atoms with E-state index in [9.17, 15) is 4.79 Å². The molecule has 1 aliphatic rings. The number of aryl methyl sites for hydroxylation is 1. The van der Waals surface area contributed by atoms with Crippen molar-refractivity contribution < 1.29 is 0 Å². The molecule has 0 amide bonds. The molecule has 3 nitrogen and oxygen atoms in total. The number of hydrogen-bond donors (Lipinski definition) is 1. The average Bonchev–Trinajstić information content (AvgIpc) is 2.35. The van der Waals surface area contributed by atoms with E-state index >= 15 is 0 Å². The first-order valence-electron chi connectivity index (χ1n) is 6.66. The van der Waals surface area contributed by atoms with E-state index in [1.54, 1.807) is 17.7 Å². The van der Waals surface area contributed by atoms with Crippen LogP contribution in [0.2, 0.25) is 0 Å². The summed E-state index contributed by atoms with van der Waals surface area (Å²) in [6, 6.07) is 3.48. The van der Waals surface area contributed by atoms with Crippen LogP contribution in [0.4, 0.5) is 5.69 Å². The Morgan fingerprint density at radius 1 is 1.29 bits per heavy atom. The lowest BCUT2D eigenvalue weighted by molar-refractivity contribution is 0.345. The minimum atomic E-state index is 0.0443. The van der Waals surface area contributed by atoms with Crippen molar-refractivity contribution in [1.82, 2.24) is 4.57 Å². The van der Waals surface area contributed by atoms with Gasteiger partial charge < -0.3 is 9.88 Å². The van der Waals surface area contributed by atoms with E-state index in [4.69, 9.17) is 0 Å². The average molecular weight is 234 g/mol. The minimum absolute atomic E-state index is 0.0443. The molecule has 0 atom stereocenters. The number of rotatable bonds is 4. The van der Waals surface area contributed by atoms with Crippen LogP contribution >= 0.6 is 0 Å². The molecule has 0 aromatic carbocycles. The summed E-state index contributed by atoms with van der Waals surface area (Å²) in [6.45, 7) is 1.02. The lowest BCUT2D eigenvalue weighted by atomic mass is 9.87. The third-order valence-electron chi connectivity index (χ3n) is 3.69. The van der Waals surface area contributed by atoms with Gasteiger partial charge in [-0.3, -0.25) is 4.79 Å². The summed E-state index contributed by atoms with van der Waals surface area (Å²) in [4.78, 5) is 11.2. The van der Waals surface area contributed by atoms with Crippen molar-refractivity contribution >= 4 is 5.69 Å². The highest BCUT2D eigenvalue weighted by atomic mass is 16.1. The van der Waals surface area contributed by atoms with Crippen LogP contribution in [0.25, 0.3) is 0 Å². The SMILES string of the molecule is Cn1cc(NCCC2CCCCC2)ccc1=O. The summed E-state index contributed by atoms with van der Waals surface area (Å²) < 4.78 is 1.61. The van der Waals surface area contributed by atoms with Gasteiger partial charge in [0.2, 0.25) is 5.56 Å². The second-order valence-corrected chi connectivity index (χ2v) is 5.09. The van der Waals surface area contributed by atoms with E-state index in [0.717, 1.165) is 18.2 Å². The summed E-state index contributed by atoms with van der Waals surface area (Å²) in [5.41, 5.74) is 1.09. The van der Waals surface area contributed by atoms with Gasteiger partial charge in [0.1, 0.15) is 0 Å². The van der Waals surface area contributed by atoms with Crippen molar-refractivity contribution in [2.45, 2.75) is 38.5 Å². The molecule has 1 aromatic heterocycles. The minimum Gasteiger partial charge on any atom is -0.384 e. The molecule has 0 radical (unpaired) electrons. The second kappa shape index (κ2) is 5.89. The monoisotopic (exact) mass is 234 g/mol. The topological polar surface area (TPSA) is 34.0 Å². The fourth-order valence-corrected chi connectivity index (χ4v) is 2.59. The Morgan fingerprint density at radius 2 is 2.06 bits per heavy atom. The Kier molecular flexibility index (Phi) is 4.24. The van der Waals surface area contributed by atoms with Crippen LogP contribution in [0.3, 0.4) is 0 Å². The third-order valence-corrected chi connectivity index (χ3v) is 3.69. The Bertz CT molecular complexity index is 405. The zero-order valence-electron chi connectivity index (χ0n) is 10.6. The molecule has 0 unspecified atom stereocenters. The molecular formula is C14H22N2O. The largest absolute Gasteiger partial charge is 0.384 e. The van der Waals surface area contributed by atoms with Gasteiger partial charge in [0.05, 0.1) is 5.69 Å². The molecule has 2 rings (SSSR count). The number of nitrogens with one attached hydrogen (secondary N) is 1. The summed E-state index contributed by atoms with van der Waals surface area (Å²) in [5, 5.41) is 3.40. The fourth-order valence-electron chi connectivity index (χ4n) is 2.59. The maximum absolute atomic E-state index is 11.2. The van der Waals surface area contributed by atoms with Gasteiger partial charge >= 0.3 is 0 Å². The molecule has 1 heterocycles. The summed E-state index contributed by atoms with van der Waals surface area (Å²) in [7, 11) is 1.79. The van der Waals surface area contributed by atoms with Crippen LogP contribution < -0.4 is 10.9 Å². The van der Waals surface area contributed by atoms with Crippen molar-refractivity contribution in [1.29, 1.82) is 0 Å². The van der Waals surface area contributed by atoms with Gasteiger partial charge in [-0.25, -0.2) is 0 Å². The standard InChI is InChI=1S/C14H22N2O/c1-16-11-13(7-8-14(16)17)15-10-9-12-5-3-2-4-6-12/h7-8,11-12,15H,2-6,9-10H2,1H3. The zero-order chi connectivity index (χ0) is 12.1. The first kappa shape index (κ1) is 12.2. The molecule has 0 aliphatic heterocycles. The van der Waals surface area contributed by atoms with E-state index < -0.39 is 0 Å². The normalized spacial score (nSPS) is 17.0. The molecule has 0 saturated heterocycles. The van der Waals surface area contributed by atoms with Crippen LogP contribution in [0.15, 0.2) is 23.1 Å². The molecule has 0 spiro atoms. The van der Waals surface area contributed by atoms with Gasteiger partial charge in [0.15, 0.2) is 0 Å². The lowest BCUT2D eigenvalue weighted by Crippen LogP contribution is -2.16. The number of pyridine rings is 1. The van der Waals surface area contributed by atoms with Crippen molar-refractivity contribution in [2.75, 3.05) is 11.9 Å². The number of anilines is 1. The first-order chi connectivity index (χ1) is 8.25. The lowest BCUT2D eigenvalue weighted by Gasteiger charge is -2.21. The highest BCUT2D eigenvalue weighted by Gasteiger charge is 2.12. The van der Waals surface area contributed by atoms with E-state index in [2.05, 4.69) is 5.32 Å². The van der Waals surface area contributed by atoms with Crippen molar-refractivity contribution in [3.8, 4) is 0 Å². The molecule has 0 bridgehead atoms. The van der Waals surface area contributed by atoms with Gasteiger partial charge in [0.25, 0.3) is 0 Å². The quantitative estimate of drug-likeness (QED) is 0.869. The van der Waals surface area contributed by atoms with E-state index in [0.29, 0.717) is 0 Å². The first-order valence-corrected chi connectivity index (χ1v) is 6.66. The Balaban J connectivity index is 1.77. The molecule has 1 fully saturated rings. The van der Waals surface area contributed by atoms with Gasteiger partial charge in [-0.1, -0.05) is 32.1 Å². The van der Waals surface area contributed by atoms with E-state index in [1.165, 1.54) is 38.5 Å². The van der Waals surface area contributed by atoms with E-state index in [1.807, 2.05) is 12.3 Å². The molecular weight excluding hydrogens is 212 g/mol. The van der Waals surface area contributed by atoms with E-state index in [-0.39, 0.29) is 5.56 Å². The van der Waals surface area contributed by atoms with Gasteiger partial charge in [-0.15, -0.1) is 0 Å². The molecule has 1 saturated carbocycles. The molecule has 1 aromatic rings. The Morgan fingerprint density at radius 3 is 2.76 bits per heavy atom. The van der Waals surface area contributed by atoms with Crippen LogP contribution in [-0.2, 0) is 7.05 Å². The predicted octanol–water partition coefficient (Wildman–Crippen LogP) is 2.77. The maximum atomic E-state index is 11.2.